The number of nitrogens with zero attached hydrogens (tertiary/aromatic N) is 1. The number of aryl methyl sites for hydroxylation is 1. The summed E-state index contributed by atoms with van der Waals surface area (Å²) in [5.74, 6) is 0.152. The number of hydrogen-bond acceptors (Lipinski definition) is 4. The Kier molecular flexibility index (Phi) is 6.00. The second kappa shape index (κ2) is 8.19. The minimum absolute atomic E-state index is 0.0860. The van der Waals surface area contributed by atoms with Crippen molar-refractivity contribution in [2.24, 2.45) is 0 Å². The molecule has 25 heavy (non-hydrogen) atoms. The normalized spacial score (nSPS) is 10.2. The molecule has 0 aliphatic rings. The Bertz CT molecular complexity index is 755. The first-order valence-electron chi connectivity index (χ1n) is 7.93. The zero-order valence-corrected chi connectivity index (χ0v) is 14.7. The van der Waals surface area contributed by atoms with Crippen molar-refractivity contribution in [2.75, 3.05) is 31.8 Å². The second-order valence-corrected chi connectivity index (χ2v) is 6.04. The third kappa shape index (κ3) is 5.53. The van der Waals surface area contributed by atoms with Crippen molar-refractivity contribution in [3.63, 3.8) is 0 Å². The Morgan fingerprint density at radius 3 is 2.44 bits per heavy atom. The third-order valence-corrected chi connectivity index (χ3v) is 3.61. The van der Waals surface area contributed by atoms with Gasteiger partial charge in [0.1, 0.15) is 5.75 Å². The van der Waals surface area contributed by atoms with E-state index in [1.807, 2.05) is 25.1 Å². The number of ether oxygens (including phenoxy) is 1. The summed E-state index contributed by atoms with van der Waals surface area (Å²) in [6, 6.07) is 12.6. The van der Waals surface area contributed by atoms with Crippen molar-refractivity contribution >= 4 is 23.2 Å². The number of carbonyl (C=O) groups is 2. The second-order valence-electron chi connectivity index (χ2n) is 6.04. The Morgan fingerprint density at radius 2 is 1.80 bits per heavy atom. The summed E-state index contributed by atoms with van der Waals surface area (Å²) in [6.45, 7) is 1.83. The molecule has 2 aromatic carbocycles. The third-order valence-electron chi connectivity index (χ3n) is 3.61. The Labute approximate surface area is 147 Å². The maximum atomic E-state index is 12.3. The summed E-state index contributed by atoms with van der Waals surface area (Å²) in [4.78, 5) is 25.4. The van der Waals surface area contributed by atoms with E-state index in [4.69, 9.17) is 10.5 Å². The number of hydrogen-bond donors (Lipinski definition) is 2. The van der Waals surface area contributed by atoms with Gasteiger partial charge in [-0.25, -0.2) is 0 Å². The van der Waals surface area contributed by atoms with E-state index in [-0.39, 0.29) is 24.8 Å². The van der Waals surface area contributed by atoms with Crippen molar-refractivity contribution in [2.45, 2.75) is 13.3 Å². The van der Waals surface area contributed by atoms with Gasteiger partial charge >= 0.3 is 0 Å². The number of anilines is 2. The topological polar surface area (TPSA) is 84.7 Å². The molecule has 0 radical (unpaired) electrons. The molecule has 0 unspecified atom stereocenters. The fraction of sp³-hybridized carbons (Fsp3) is 0.263. The van der Waals surface area contributed by atoms with E-state index < -0.39 is 0 Å². The highest BCUT2D eigenvalue weighted by atomic mass is 16.5. The van der Waals surface area contributed by atoms with Crippen LogP contribution in [0.4, 0.5) is 11.4 Å². The zero-order valence-electron chi connectivity index (χ0n) is 14.7. The summed E-state index contributed by atoms with van der Waals surface area (Å²) < 4.78 is 5.59. The monoisotopic (exact) mass is 341 g/mol. The number of rotatable bonds is 6. The van der Waals surface area contributed by atoms with Gasteiger partial charge < -0.3 is 20.7 Å². The molecular formula is C19H23N3O3. The fourth-order valence-electron chi connectivity index (χ4n) is 2.14. The van der Waals surface area contributed by atoms with E-state index in [1.54, 1.807) is 38.4 Å². The molecule has 0 saturated carbocycles. The number of nitrogens with two attached hydrogens (primary N) is 1. The lowest BCUT2D eigenvalue weighted by molar-refractivity contribution is -0.130. The molecule has 0 saturated heterocycles. The first-order chi connectivity index (χ1) is 11.8. The highest BCUT2D eigenvalue weighted by Crippen LogP contribution is 2.26. The van der Waals surface area contributed by atoms with Gasteiger partial charge in [-0.2, -0.15) is 0 Å². The summed E-state index contributed by atoms with van der Waals surface area (Å²) >= 11 is 0. The summed E-state index contributed by atoms with van der Waals surface area (Å²) in [7, 11) is 3.33. The van der Waals surface area contributed by atoms with Crippen LogP contribution in [-0.4, -0.2) is 37.4 Å². The van der Waals surface area contributed by atoms with Gasteiger partial charge in [0.2, 0.25) is 5.91 Å². The van der Waals surface area contributed by atoms with Crippen LogP contribution >= 0.6 is 0 Å². The smallest absolute Gasteiger partial charge is 0.259 e. The molecular weight excluding hydrogens is 318 g/mol. The highest BCUT2D eigenvalue weighted by molar-refractivity contribution is 5.93. The van der Waals surface area contributed by atoms with Crippen LogP contribution in [0.1, 0.15) is 11.1 Å². The first kappa shape index (κ1) is 18.3. The van der Waals surface area contributed by atoms with E-state index in [2.05, 4.69) is 5.32 Å². The lowest BCUT2D eigenvalue weighted by atomic mass is 10.1. The van der Waals surface area contributed by atoms with E-state index in [9.17, 15) is 9.59 Å². The van der Waals surface area contributed by atoms with Crippen LogP contribution in [0.3, 0.4) is 0 Å². The van der Waals surface area contributed by atoms with Crippen LogP contribution in [0, 0.1) is 6.92 Å². The van der Waals surface area contributed by atoms with Gasteiger partial charge in [0.25, 0.3) is 5.91 Å². The average molecular weight is 341 g/mol. The SMILES string of the molecule is Cc1ccc(NC(=O)Cc2ccc(N)cc2)c(OCC(=O)N(C)C)c1. The molecule has 0 heterocycles. The van der Waals surface area contributed by atoms with Gasteiger partial charge in [-0.05, 0) is 42.3 Å². The maximum absolute atomic E-state index is 12.3. The summed E-state index contributed by atoms with van der Waals surface area (Å²) in [6.07, 6.45) is 0.226. The molecule has 0 bridgehead atoms. The molecule has 0 aromatic heterocycles. The standard InChI is InChI=1S/C19H23N3O3/c1-13-4-9-16(17(10-13)25-12-19(24)22(2)3)21-18(23)11-14-5-7-15(20)8-6-14/h4-10H,11-12,20H2,1-3H3,(H,21,23). The van der Waals surface area contributed by atoms with Crippen molar-refractivity contribution in [1.29, 1.82) is 0 Å². The molecule has 6 nitrogen and oxygen atoms in total. The number of nitrogens with one attached hydrogen (secondary N) is 1. The number of amides is 2. The molecule has 0 fully saturated rings. The van der Waals surface area contributed by atoms with Crippen LogP contribution in [0.15, 0.2) is 42.5 Å². The van der Waals surface area contributed by atoms with Crippen molar-refractivity contribution in [1.82, 2.24) is 4.90 Å². The Balaban J connectivity index is 2.06. The molecule has 2 aromatic rings. The zero-order chi connectivity index (χ0) is 18.4. The molecule has 6 heteroatoms. The highest BCUT2D eigenvalue weighted by Gasteiger charge is 2.12. The van der Waals surface area contributed by atoms with E-state index in [1.165, 1.54) is 4.90 Å². The van der Waals surface area contributed by atoms with Crippen LogP contribution in [0.25, 0.3) is 0 Å². The van der Waals surface area contributed by atoms with Gasteiger partial charge in [0, 0.05) is 19.8 Å². The number of benzene rings is 2. The van der Waals surface area contributed by atoms with E-state index in [0.717, 1.165) is 11.1 Å². The van der Waals surface area contributed by atoms with Crippen molar-refractivity contribution in [3.8, 4) is 5.75 Å². The van der Waals surface area contributed by atoms with Crippen LogP contribution in [0.5, 0.6) is 5.75 Å². The lowest BCUT2D eigenvalue weighted by Gasteiger charge is -2.15. The molecule has 0 atom stereocenters. The largest absolute Gasteiger partial charge is 0.482 e. The molecule has 0 aliphatic heterocycles. The Hall–Kier alpha value is -3.02. The number of carbonyl (C=O) groups excluding carboxylic acids is 2. The van der Waals surface area contributed by atoms with Gasteiger partial charge in [0.05, 0.1) is 12.1 Å². The fourth-order valence-corrected chi connectivity index (χ4v) is 2.14. The van der Waals surface area contributed by atoms with Gasteiger partial charge in [0.15, 0.2) is 6.61 Å². The quantitative estimate of drug-likeness (QED) is 0.789. The molecule has 2 rings (SSSR count). The molecule has 0 aliphatic carbocycles. The van der Waals surface area contributed by atoms with Gasteiger partial charge in [-0.15, -0.1) is 0 Å². The minimum atomic E-state index is -0.169. The molecule has 0 spiro atoms. The first-order valence-corrected chi connectivity index (χ1v) is 7.93. The molecule has 132 valence electrons. The summed E-state index contributed by atoms with van der Waals surface area (Å²) in [5.41, 5.74) is 8.68. The minimum Gasteiger partial charge on any atom is -0.482 e. The van der Waals surface area contributed by atoms with Crippen molar-refractivity contribution in [3.05, 3.63) is 53.6 Å². The van der Waals surface area contributed by atoms with Gasteiger partial charge in [-0.1, -0.05) is 18.2 Å². The summed E-state index contributed by atoms with van der Waals surface area (Å²) in [5, 5.41) is 2.83. The Morgan fingerprint density at radius 1 is 1.12 bits per heavy atom. The molecule has 2 amide bonds. The van der Waals surface area contributed by atoms with Crippen LogP contribution in [-0.2, 0) is 16.0 Å². The maximum Gasteiger partial charge on any atom is 0.259 e. The predicted octanol–water partition coefficient (Wildman–Crippen LogP) is 2.23. The number of nitrogen functional groups attached to an aromatic ring is 1. The number of likely N-dealkylation sites (N-methyl/N-ethyl adjacent to an activating group) is 1. The van der Waals surface area contributed by atoms with Gasteiger partial charge in [-0.3, -0.25) is 9.59 Å². The van der Waals surface area contributed by atoms with Crippen LogP contribution < -0.4 is 15.8 Å². The van der Waals surface area contributed by atoms with E-state index in [0.29, 0.717) is 17.1 Å². The van der Waals surface area contributed by atoms with E-state index >= 15 is 0 Å². The molecule has 3 N–H and O–H groups in total. The lowest BCUT2D eigenvalue weighted by Crippen LogP contribution is -2.27. The average Bonchev–Trinajstić information content (AvgIpc) is 2.56. The predicted molar refractivity (Wildman–Crippen MR) is 98.6 cm³/mol. The van der Waals surface area contributed by atoms with Crippen molar-refractivity contribution < 1.29 is 14.3 Å². The van der Waals surface area contributed by atoms with Crippen LogP contribution in [0.2, 0.25) is 0 Å².